The maximum atomic E-state index is 6.19. The molecular weight excluding hydrogens is 196 g/mol. The minimum absolute atomic E-state index is 0.476. The molecule has 0 aromatic heterocycles. The third kappa shape index (κ3) is 2.07. The van der Waals surface area contributed by atoms with Gasteiger partial charge in [-0.05, 0) is 43.9 Å². The largest absolute Gasteiger partial charge is 0.377 e. The highest BCUT2D eigenvalue weighted by Crippen LogP contribution is 2.53. The summed E-state index contributed by atoms with van der Waals surface area (Å²) in [5, 5.41) is 0. The van der Waals surface area contributed by atoms with Crippen LogP contribution in [0.15, 0.2) is 12.2 Å². The molecule has 0 radical (unpaired) electrons. The molecule has 16 heavy (non-hydrogen) atoms. The number of fused-ring (bicyclic) bond motifs is 1. The van der Waals surface area contributed by atoms with Crippen LogP contribution in [-0.4, -0.2) is 12.7 Å². The Labute approximate surface area is 100 Å². The first kappa shape index (κ1) is 12.2. The van der Waals surface area contributed by atoms with Crippen molar-refractivity contribution < 1.29 is 4.74 Å². The van der Waals surface area contributed by atoms with Crippen LogP contribution in [0, 0.1) is 17.3 Å². The van der Waals surface area contributed by atoms with Crippen LogP contribution in [0.1, 0.15) is 52.9 Å². The summed E-state index contributed by atoms with van der Waals surface area (Å²) < 4.78 is 6.19. The lowest BCUT2D eigenvalue weighted by molar-refractivity contribution is -0.0493. The average Bonchev–Trinajstić information content (AvgIpc) is 2.65. The lowest BCUT2D eigenvalue weighted by atomic mass is 9.68. The Morgan fingerprint density at radius 2 is 2.19 bits per heavy atom. The van der Waals surface area contributed by atoms with Gasteiger partial charge in [-0.2, -0.15) is 0 Å². The van der Waals surface area contributed by atoms with Gasteiger partial charge >= 0.3 is 0 Å². The van der Waals surface area contributed by atoms with Crippen LogP contribution in [0.4, 0.5) is 0 Å². The Morgan fingerprint density at radius 3 is 2.88 bits per heavy atom. The van der Waals surface area contributed by atoms with Gasteiger partial charge in [0.1, 0.15) is 0 Å². The van der Waals surface area contributed by atoms with Crippen molar-refractivity contribution in [1.82, 2.24) is 0 Å². The number of hydrogen-bond donors (Lipinski definition) is 0. The van der Waals surface area contributed by atoms with E-state index in [9.17, 15) is 0 Å². The fourth-order valence-electron chi connectivity index (χ4n) is 3.62. The summed E-state index contributed by atoms with van der Waals surface area (Å²) in [7, 11) is 0. The summed E-state index contributed by atoms with van der Waals surface area (Å²) in [6, 6.07) is 0. The molecule has 0 amide bonds. The molecule has 2 aliphatic rings. The normalized spacial score (nSPS) is 38.0. The summed E-state index contributed by atoms with van der Waals surface area (Å²) in [6.45, 7) is 7.77. The van der Waals surface area contributed by atoms with Crippen molar-refractivity contribution in [3.8, 4) is 0 Å². The van der Waals surface area contributed by atoms with Crippen LogP contribution in [0.25, 0.3) is 0 Å². The van der Waals surface area contributed by atoms with E-state index in [1.165, 1.54) is 32.1 Å². The van der Waals surface area contributed by atoms with E-state index < -0.39 is 0 Å². The van der Waals surface area contributed by atoms with E-state index in [1.807, 2.05) is 0 Å². The van der Waals surface area contributed by atoms with E-state index in [0.29, 0.717) is 17.4 Å². The van der Waals surface area contributed by atoms with Gasteiger partial charge in [0.05, 0.1) is 6.10 Å². The predicted octanol–water partition coefficient (Wildman–Crippen LogP) is 4.18. The van der Waals surface area contributed by atoms with Crippen molar-refractivity contribution in [3.05, 3.63) is 12.2 Å². The van der Waals surface area contributed by atoms with E-state index in [-0.39, 0.29) is 0 Å². The van der Waals surface area contributed by atoms with Gasteiger partial charge in [0.25, 0.3) is 0 Å². The lowest BCUT2D eigenvalue weighted by Gasteiger charge is -2.40. The monoisotopic (exact) mass is 222 g/mol. The van der Waals surface area contributed by atoms with Crippen LogP contribution in [0.3, 0.4) is 0 Å². The first-order valence-electron chi connectivity index (χ1n) is 6.97. The Kier molecular flexibility index (Phi) is 3.73. The zero-order valence-corrected chi connectivity index (χ0v) is 11.0. The van der Waals surface area contributed by atoms with Crippen LogP contribution in [0.2, 0.25) is 0 Å². The molecule has 3 unspecified atom stereocenters. The molecule has 1 saturated carbocycles. The van der Waals surface area contributed by atoms with Crippen LogP contribution in [-0.2, 0) is 4.74 Å². The highest BCUT2D eigenvalue weighted by molar-refractivity contribution is 5.10. The van der Waals surface area contributed by atoms with E-state index in [2.05, 4.69) is 32.9 Å². The van der Waals surface area contributed by atoms with Gasteiger partial charge in [-0.1, -0.05) is 32.9 Å². The first-order chi connectivity index (χ1) is 7.69. The topological polar surface area (TPSA) is 9.23 Å². The van der Waals surface area contributed by atoms with E-state index in [1.54, 1.807) is 0 Å². The van der Waals surface area contributed by atoms with Gasteiger partial charge in [0, 0.05) is 12.0 Å². The maximum absolute atomic E-state index is 6.19. The van der Waals surface area contributed by atoms with Crippen LogP contribution < -0.4 is 0 Å². The molecule has 0 aliphatic heterocycles. The van der Waals surface area contributed by atoms with Crippen LogP contribution >= 0.6 is 0 Å². The molecule has 0 saturated heterocycles. The highest BCUT2D eigenvalue weighted by atomic mass is 16.5. The molecule has 0 bridgehead atoms. The fraction of sp³-hybridized carbons (Fsp3) is 0.867. The second-order valence-electron chi connectivity index (χ2n) is 5.95. The SMILES string of the molecule is CCC12CCC=CC1CCC2OCC(C)C. The fourth-order valence-corrected chi connectivity index (χ4v) is 3.62. The van der Waals surface area contributed by atoms with Crippen molar-refractivity contribution in [3.63, 3.8) is 0 Å². The van der Waals surface area contributed by atoms with Gasteiger partial charge in [0.15, 0.2) is 0 Å². The van der Waals surface area contributed by atoms with Gasteiger partial charge in [0.2, 0.25) is 0 Å². The molecule has 0 heterocycles. The van der Waals surface area contributed by atoms with Gasteiger partial charge in [-0.3, -0.25) is 0 Å². The smallest absolute Gasteiger partial charge is 0.0637 e. The molecule has 0 spiro atoms. The third-order valence-corrected chi connectivity index (χ3v) is 4.55. The van der Waals surface area contributed by atoms with Crippen molar-refractivity contribution in [2.75, 3.05) is 6.61 Å². The molecule has 0 N–H and O–H groups in total. The highest BCUT2D eigenvalue weighted by Gasteiger charge is 2.48. The molecule has 1 heteroatoms. The Bertz CT molecular complexity index is 256. The molecular formula is C15H26O. The number of hydrogen-bond acceptors (Lipinski definition) is 1. The third-order valence-electron chi connectivity index (χ3n) is 4.55. The van der Waals surface area contributed by atoms with E-state index in [0.717, 1.165) is 12.5 Å². The maximum Gasteiger partial charge on any atom is 0.0637 e. The number of ether oxygens (including phenoxy) is 1. The average molecular weight is 222 g/mol. The Balaban J connectivity index is 2.05. The molecule has 1 fully saturated rings. The Hall–Kier alpha value is -0.300. The standard InChI is InChI=1S/C15H26O/c1-4-15-10-6-5-7-13(15)8-9-14(15)16-11-12(2)3/h5,7,12-14H,4,6,8-11H2,1-3H3. The molecule has 92 valence electrons. The molecule has 1 nitrogen and oxygen atoms in total. The first-order valence-corrected chi connectivity index (χ1v) is 6.97. The van der Waals surface area contributed by atoms with Crippen molar-refractivity contribution in [2.24, 2.45) is 17.3 Å². The predicted molar refractivity (Wildman–Crippen MR) is 68.4 cm³/mol. The second-order valence-corrected chi connectivity index (χ2v) is 5.95. The summed E-state index contributed by atoms with van der Waals surface area (Å²) in [6.07, 6.45) is 11.9. The van der Waals surface area contributed by atoms with Crippen molar-refractivity contribution in [2.45, 2.75) is 59.0 Å². The summed E-state index contributed by atoms with van der Waals surface area (Å²) in [4.78, 5) is 0. The van der Waals surface area contributed by atoms with Gasteiger partial charge < -0.3 is 4.74 Å². The van der Waals surface area contributed by atoms with Gasteiger partial charge in [-0.15, -0.1) is 0 Å². The lowest BCUT2D eigenvalue weighted by Crippen LogP contribution is -2.38. The molecule has 0 aromatic carbocycles. The zero-order chi connectivity index (χ0) is 11.6. The van der Waals surface area contributed by atoms with E-state index in [4.69, 9.17) is 4.74 Å². The van der Waals surface area contributed by atoms with E-state index >= 15 is 0 Å². The minimum atomic E-state index is 0.476. The quantitative estimate of drug-likeness (QED) is 0.648. The minimum Gasteiger partial charge on any atom is -0.377 e. The van der Waals surface area contributed by atoms with Crippen LogP contribution in [0.5, 0.6) is 0 Å². The summed E-state index contributed by atoms with van der Waals surface area (Å²) >= 11 is 0. The second kappa shape index (κ2) is 4.91. The summed E-state index contributed by atoms with van der Waals surface area (Å²) in [5.74, 6) is 1.45. The zero-order valence-electron chi connectivity index (χ0n) is 11.0. The molecule has 2 aliphatic carbocycles. The Morgan fingerprint density at radius 1 is 1.38 bits per heavy atom. The van der Waals surface area contributed by atoms with Crippen molar-refractivity contribution in [1.29, 1.82) is 0 Å². The molecule has 0 aromatic rings. The van der Waals surface area contributed by atoms with Crippen molar-refractivity contribution >= 4 is 0 Å². The number of allylic oxidation sites excluding steroid dienone is 2. The summed E-state index contributed by atoms with van der Waals surface area (Å²) in [5.41, 5.74) is 0.476. The molecule has 2 rings (SSSR count). The van der Waals surface area contributed by atoms with Gasteiger partial charge in [-0.25, -0.2) is 0 Å². The molecule has 3 atom stereocenters. The number of rotatable bonds is 4.